The average Bonchev–Trinajstić information content (AvgIpc) is 2.18. The second-order valence-electron chi connectivity index (χ2n) is 6.33. The van der Waals surface area contributed by atoms with Crippen LogP contribution in [-0.2, 0) is 6.42 Å². The van der Waals surface area contributed by atoms with Crippen molar-refractivity contribution < 1.29 is 5.11 Å². The standard InChI is InChI=1S/C15H23ClO/c1-14(2,3)9-10-15(4,17)11-12-7-5-6-8-13(12)16/h5-8,17H,9-11H2,1-4H3. The van der Waals surface area contributed by atoms with Crippen LogP contribution < -0.4 is 0 Å². The van der Waals surface area contributed by atoms with Crippen molar-refractivity contribution in [1.82, 2.24) is 0 Å². The number of hydrogen-bond donors (Lipinski definition) is 1. The molecule has 0 spiro atoms. The zero-order valence-electron chi connectivity index (χ0n) is 11.3. The third kappa shape index (κ3) is 5.56. The zero-order chi connectivity index (χ0) is 13.1. The lowest BCUT2D eigenvalue weighted by Gasteiger charge is -2.28. The first-order valence-electron chi connectivity index (χ1n) is 6.15. The maximum absolute atomic E-state index is 10.4. The van der Waals surface area contributed by atoms with E-state index in [1.807, 2.05) is 31.2 Å². The molecule has 1 atom stereocenters. The van der Waals surface area contributed by atoms with E-state index < -0.39 is 5.60 Å². The first-order valence-corrected chi connectivity index (χ1v) is 6.53. The molecule has 1 N–H and O–H groups in total. The summed E-state index contributed by atoms with van der Waals surface area (Å²) in [5, 5.41) is 11.1. The fraction of sp³-hybridized carbons (Fsp3) is 0.600. The van der Waals surface area contributed by atoms with Crippen LogP contribution in [0.2, 0.25) is 5.02 Å². The van der Waals surface area contributed by atoms with Gasteiger partial charge in [-0.1, -0.05) is 50.6 Å². The first kappa shape index (κ1) is 14.5. The quantitative estimate of drug-likeness (QED) is 0.841. The Bertz CT molecular complexity index is 363. The van der Waals surface area contributed by atoms with Gasteiger partial charge in [-0.25, -0.2) is 0 Å². The number of halogens is 1. The van der Waals surface area contributed by atoms with Gasteiger partial charge in [-0.15, -0.1) is 0 Å². The lowest BCUT2D eigenvalue weighted by atomic mass is 9.83. The van der Waals surface area contributed by atoms with E-state index in [1.54, 1.807) is 0 Å². The van der Waals surface area contributed by atoms with Crippen LogP contribution in [0.5, 0.6) is 0 Å². The number of aliphatic hydroxyl groups is 1. The van der Waals surface area contributed by atoms with Crippen LogP contribution in [0.4, 0.5) is 0 Å². The second-order valence-corrected chi connectivity index (χ2v) is 6.73. The van der Waals surface area contributed by atoms with Crippen molar-refractivity contribution in [3.8, 4) is 0 Å². The molecule has 1 unspecified atom stereocenters. The summed E-state index contributed by atoms with van der Waals surface area (Å²) in [6.45, 7) is 8.47. The smallest absolute Gasteiger partial charge is 0.0660 e. The van der Waals surface area contributed by atoms with E-state index in [0.29, 0.717) is 6.42 Å². The van der Waals surface area contributed by atoms with Crippen LogP contribution in [0.3, 0.4) is 0 Å². The van der Waals surface area contributed by atoms with E-state index in [2.05, 4.69) is 20.8 Å². The molecule has 0 bridgehead atoms. The molecule has 2 heteroatoms. The molecular weight excluding hydrogens is 232 g/mol. The summed E-state index contributed by atoms with van der Waals surface area (Å²) in [4.78, 5) is 0. The molecule has 0 amide bonds. The Morgan fingerprint density at radius 3 is 2.18 bits per heavy atom. The summed E-state index contributed by atoms with van der Waals surface area (Å²) in [7, 11) is 0. The predicted octanol–water partition coefficient (Wildman–Crippen LogP) is 4.46. The molecule has 0 saturated heterocycles. The summed E-state index contributed by atoms with van der Waals surface area (Å²) in [6.07, 6.45) is 2.41. The molecule has 1 nitrogen and oxygen atoms in total. The molecular formula is C15H23ClO. The molecule has 96 valence electrons. The zero-order valence-corrected chi connectivity index (χ0v) is 12.0. The molecule has 0 fully saturated rings. The van der Waals surface area contributed by atoms with E-state index in [-0.39, 0.29) is 5.41 Å². The van der Waals surface area contributed by atoms with Crippen molar-refractivity contribution in [1.29, 1.82) is 0 Å². The topological polar surface area (TPSA) is 20.2 Å². The van der Waals surface area contributed by atoms with E-state index in [9.17, 15) is 5.11 Å². The monoisotopic (exact) mass is 254 g/mol. The molecule has 17 heavy (non-hydrogen) atoms. The summed E-state index contributed by atoms with van der Waals surface area (Å²) in [6, 6.07) is 7.72. The highest BCUT2D eigenvalue weighted by molar-refractivity contribution is 6.31. The van der Waals surface area contributed by atoms with E-state index >= 15 is 0 Å². The Morgan fingerprint density at radius 1 is 1.06 bits per heavy atom. The Labute approximate surface area is 110 Å². The van der Waals surface area contributed by atoms with Crippen molar-refractivity contribution in [3.05, 3.63) is 34.9 Å². The van der Waals surface area contributed by atoms with Gasteiger partial charge in [0, 0.05) is 11.4 Å². The average molecular weight is 255 g/mol. The fourth-order valence-corrected chi connectivity index (χ4v) is 1.99. The molecule has 0 aromatic heterocycles. The largest absolute Gasteiger partial charge is 0.390 e. The minimum Gasteiger partial charge on any atom is -0.390 e. The van der Waals surface area contributed by atoms with Crippen molar-refractivity contribution in [2.45, 2.75) is 52.6 Å². The van der Waals surface area contributed by atoms with Gasteiger partial charge in [-0.2, -0.15) is 0 Å². The molecule has 0 heterocycles. The van der Waals surface area contributed by atoms with Gasteiger partial charge in [-0.3, -0.25) is 0 Å². The van der Waals surface area contributed by atoms with Gasteiger partial charge in [0.2, 0.25) is 0 Å². The maximum Gasteiger partial charge on any atom is 0.0660 e. The van der Waals surface area contributed by atoms with E-state index in [0.717, 1.165) is 23.4 Å². The van der Waals surface area contributed by atoms with E-state index in [4.69, 9.17) is 11.6 Å². The van der Waals surface area contributed by atoms with Gasteiger partial charge in [0.05, 0.1) is 5.60 Å². The highest BCUT2D eigenvalue weighted by atomic mass is 35.5. The van der Waals surface area contributed by atoms with Crippen LogP contribution >= 0.6 is 11.6 Å². The lowest BCUT2D eigenvalue weighted by Crippen LogP contribution is -2.29. The molecule has 0 radical (unpaired) electrons. The third-order valence-corrected chi connectivity index (χ3v) is 3.31. The highest BCUT2D eigenvalue weighted by Gasteiger charge is 2.24. The summed E-state index contributed by atoms with van der Waals surface area (Å²) in [5.74, 6) is 0. The number of rotatable bonds is 4. The summed E-state index contributed by atoms with van der Waals surface area (Å²) in [5.41, 5.74) is 0.594. The fourth-order valence-electron chi connectivity index (χ4n) is 1.78. The second kappa shape index (κ2) is 5.41. The summed E-state index contributed by atoms with van der Waals surface area (Å²) >= 11 is 6.11. The lowest BCUT2D eigenvalue weighted by molar-refractivity contribution is 0.0396. The third-order valence-electron chi connectivity index (χ3n) is 2.94. The molecule has 0 aliphatic carbocycles. The first-order chi connectivity index (χ1) is 7.70. The van der Waals surface area contributed by atoms with Crippen molar-refractivity contribution in [2.75, 3.05) is 0 Å². The van der Waals surface area contributed by atoms with Crippen LogP contribution in [0.1, 0.15) is 46.1 Å². The van der Waals surface area contributed by atoms with Crippen LogP contribution in [-0.4, -0.2) is 10.7 Å². The normalized spacial score (nSPS) is 15.6. The van der Waals surface area contributed by atoms with Crippen molar-refractivity contribution in [3.63, 3.8) is 0 Å². The Balaban J connectivity index is 2.64. The molecule has 0 aliphatic rings. The van der Waals surface area contributed by atoms with Crippen LogP contribution in [0.25, 0.3) is 0 Å². The highest BCUT2D eigenvalue weighted by Crippen LogP contribution is 2.29. The Hall–Kier alpha value is -0.530. The van der Waals surface area contributed by atoms with Gasteiger partial charge in [0.15, 0.2) is 0 Å². The SMILES string of the molecule is CC(C)(C)CCC(C)(O)Cc1ccccc1Cl. The minimum atomic E-state index is -0.682. The maximum atomic E-state index is 10.4. The van der Waals surface area contributed by atoms with Gasteiger partial charge in [0.1, 0.15) is 0 Å². The molecule has 1 aromatic rings. The van der Waals surface area contributed by atoms with Crippen molar-refractivity contribution in [2.24, 2.45) is 5.41 Å². The van der Waals surface area contributed by atoms with Crippen molar-refractivity contribution >= 4 is 11.6 Å². The molecule has 0 saturated carbocycles. The summed E-state index contributed by atoms with van der Waals surface area (Å²) < 4.78 is 0. The Morgan fingerprint density at radius 2 is 1.65 bits per heavy atom. The molecule has 1 aromatic carbocycles. The predicted molar refractivity (Wildman–Crippen MR) is 74.5 cm³/mol. The molecule has 1 rings (SSSR count). The van der Waals surface area contributed by atoms with Gasteiger partial charge in [0.25, 0.3) is 0 Å². The number of benzene rings is 1. The Kier molecular flexibility index (Phi) is 4.62. The van der Waals surface area contributed by atoms with Gasteiger partial charge >= 0.3 is 0 Å². The van der Waals surface area contributed by atoms with Gasteiger partial charge < -0.3 is 5.11 Å². The van der Waals surface area contributed by atoms with E-state index in [1.165, 1.54) is 0 Å². The van der Waals surface area contributed by atoms with Crippen LogP contribution in [0.15, 0.2) is 24.3 Å². The van der Waals surface area contributed by atoms with Crippen LogP contribution in [0, 0.1) is 5.41 Å². The molecule has 0 aliphatic heterocycles. The minimum absolute atomic E-state index is 0.254. The van der Waals surface area contributed by atoms with Gasteiger partial charge in [-0.05, 0) is 36.8 Å². The number of hydrogen-bond acceptors (Lipinski definition) is 1.